The number of nitrogens with zero attached hydrogens (tertiary/aromatic N) is 2. The van der Waals surface area contributed by atoms with Gasteiger partial charge in [-0.3, -0.25) is 4.57 Å². The van der Waals surface area contributed by atoms with Gasteiger partial charge in [-0.1, -0.05) is 12.1 Å². The van der Waals surface area contributed by atoms with Crippen molar-refractivity contribution in [3.05, 3.63) is 52.0 Å². The Balaban J connectivity index is 1.84. The first-order chi connectivity index (χ1) is 10.6. The van der Waals surface area contributed by atoms with Gasteiger partial charge >= 0.3 is 12.5 Å². The van der Waals surface area contributed by atoms with E-state index in [-0.39, 0.29) is 12.4 Å². The molecule has 0 aliphatic heterocycles. The van der Waals surface area contributed by atoms with Gasteiger partial charge in [-0.15, -0.1) is 11.3 Å². The van der Waals surface area contributed by atoms with Gasteiger partial charge in [0.15, 0.2) is 5.82 Å². The minimum Gasteiger partial charge on any atom is -0.453 e. The number of carbonyl (C=O) groups is 1. The van der Waals surface area contributed by atoms with E-state index in [1.807, 2.05) is 6.92 Å². The van der Waals surface area contributed by atoms with Crippen LogP contribution >= 0.6 is 11.3 Å². The smallest absolute Gasteiger partial charge is 0.348 e. The van der Waals surface area contributed by atoms with E-state index in [0.717, 1.165) is 9.44 Å². The SMILES string of the molecule is Cc1ccc(C(=O)OCc2nc3ccccc3n2C(F)F)s1. The molecule has 3 aromatic rings. The molecule has 0 saturated heterocycles. The lowest BCUT2D eigenvalue weighted by Crippen LogP contribution is -2.09. The van der Waals surface area contributed by atoms with Crippen LogP contribution in [0.15, 0.2) is 36.4 Å². The fraction of sp³-hybridized carbons (Fsp3) is 0.200. The van der Waals surface area contributed by atoms with Gasteiger partial charge in [0.2, 0.25) is 0 Å². The third kappa shape index (κ3) is 2.71. The van der Waals surface area contributed by atoms with Gasteiger partial charge in [-0.25, -0.2) is 9.78 Å². The third-order valence-corrected chi connectivity index (χ3v) is 4.12. The van der Waals surface area contributed by atoms with Gasteiger partial charge in [-0.05, 0) is 31.2 Å². The summed E-state index contributed by atoms with van der Waals surface area (Å²) in [5.41, 5.74) is 0.760. The Morgan fingerprint density at radius 1 is 1.32 bits per heavy atom. The van der Waals surface area contributed by atoms with Crippen molar-refractivity contribution in [1.29, 1.82) is 0 Å². The van der Waals surface area contributed by atoms with Crippen molar-refractivity contribution in [2.45, 2.75) is 20.1 Å². The molecule has 4 nitrogen and oxygen atoms in total. The van der Waals surface area contributed by atoms with E-state index in [9.17, 15) is 13.6 Å². The standard InChI is InChI=1S/C15H12F2N2O2S/c1-9-6-7-12(22-9)14(20)21-8-13-18-10-4-2-3-5-11(10)19(13)15(16)17/h2-7,15H,8H2,1H3. The number of para-hydroxylation sites is 2. The Labute approximate surface area is 129 Å². The molecule has 0 bridgehead atoms. The molecule has 0 fully saturated rings. The van der Waals surface area contributed by atoms with Crippen LogP contribution in [0.5, 0.6) is 0 Å². The fourth-order valence-electron chi connectivity index (χ4n) is 2.16. The molecule has 0 aliphatic carbocycles. The van der Waals surface area contributed by atoms with E-state index >= 15 is 0 Å². The van der Waals surface area contributed by atoms with Crippen LogP contribution < -0.4 is 0 Å². The zero-order valence-electron chi connectivity index (χ0n) is 11.6. The zero-order valence-corrected chi connectivity index (χ0v) is 12.4. The maximum atomic E-state index is 13.2. The average Bonchev–Trinajstić information content (AvgIpc) is 3.07. The summed E-state index contributed by atoms with van der Waals surface area (Å²) in [5.74, 6) is -0.510. The molecule has 7 heteroatoms. The van der Waals surface area contributed by atoms with E-state index in [0.29, 0.717) is 15.9 Å². The van der Waals surface area contributed by atoms with E-state index in [4.69, 9.17) is 4.74 Å². The van der Waals surface area contributed by atoms with Crippen molar-refractivity contribution in [3.8, 4) is 0 Å². The molecule has 1 aromatic carbocycles. The van der Waals surface area contributed by atoms with Crippen LogP contribution in [-0.4, -0.2) is 15.5 Å². The number of halogens is 2. The number of fused-ring (bicyclic) bond motifs is 1. The number of rotatable bonds is 4. The molecule has 0 aliphatic rings. The lowest BCUT2D eigenvalue weighted by atomic mass is 10.3. The van der Waals surface area contributed by atoms with Crippen LogP contribution in [0.2, 0.25) is 0 Å². The van der Waals surface area contributed by atoms with Gasteiger partial charge in [0.05, 0.1) is 11.0 Å². The van der Waals surface area contributed by atoms with E-state index in [2.05, 4.69) is 4.98 Å². The predicted molar refractivity (Wildman–Crippen MR) is 79.2 cm³/mol. The molecular formula is C15H12F2N2O2S. The number of esters is 1. The first-order valence-electron chi connectivity index (χ1n) is 6.54. The summed E-state index contributed by atoms with van der Waals surface area (Å²) in [6.45, 7) is -1.17. The van der Waals surface area contributed by atoms with E-state index < -0.39 is 12.5 Å². The predicted octanol–water partition coefficient (Wildman–Crippen LogP) is 4.16. The van der Waals surface area contributed by atoms with Gasteiger partial charge < -0.3 is 4.74 Å². The monoisotopic (exact) mass is 322 g/mol. The Morgan fingerprint density at radius 2 is 2.09 bits per heavy atom. The highest BCUT2D eigenvalue weighted by atomic mass is 32.1. The van der Waals surface area contributed by atoms with Crippen LogP contribution in [0.1, 0.15) is 26.9 Å². The van der Waals surface area contributed by atoms with E-state index in [1.165, 1.54) is 11.3 Å². The zero-order chi connectivity index (χ0) is 15.7. The second-order valence-electron chi connectivity index (χ2n) is 4.65. The quantitative estimate of drug-likeness (QED) is 0.678. The highest BCUT2D eigenvalue weighted by Gasteiger charge is 2.19. The number of hydrogen-bond donors (Lipinski definition) is 0. The summed E-state index contributed by atoms with van der Waals surface area (Å²) in [7, 11) is 0. The number of carbonyl (C=O) groups excluding carboxylic acids is 1. The summed E-state index contributed by atoms with van der Waals surface area (Å²) in [6, 6.07) is 10.0. The van der Waals surface area contributed by atoms with Crippen molar-refractivity contribution in [3.63, 3.8) is 0 Å². The minimum atomic E-state index is -2.75. The number of thiophene rings is 1. The molecule has 0 amide bonds. The molecular weight excluding hydrogens is 310 g/mol. The summed E-state index contributed by atoms with van der Waals surface area (Å²) in [4.78, 5) is 17.4. The summed E-state index contributed by atoms with van der Waals surface area (Å²) in [5, 5.41) is 0. The van der Waals surface area contributed by atoms with Crippen LogP contribution in [0.4, 0.5) is 8.78 Å². The topological polar surface area (TPSA) is 44.1 Å². The number of alkyl halides is 2. The Hall–Kier alpha value is -2.28. The van der Waals surface area contributed by atoms with Crippen molar-refractivity contribution in [2.24, 2.45) is 0 Å². The molecule has 0 unspecified atom stereocenters. The van der Waals surface area contributed by atoms with Crippen molar-refractivity contribution >= 4 is 28.3 Å². The average molecular weight is 322 g/mol. The molecule has 0 radical (unpaired) electrons. The molecule has 2 heterocycles. The number of imidazole rings is 1. The molecule has 0 N–H and O–H groups in total. The highest BCUT2D eigenvalue weighted by Crippen LogP contribution is 2.24. The van der Waals surface area contributed by atoms with Crippen molar-refractivity contribution in [1.82, 2.24) is 9.55 Å². The molecule has 0 saturated carbocycles. The van der Waals surface area contributed by atoms with Crippen LogP contribution in [0.3, 0.4) is 0 Å². The van der Waals surface area contributed by atoms with E-state index in [1.54, 1.807) is 36.4 Å². The molecule has 2 aromatic heterocycles. The maximum absolute atomic E-state index is 13.2. The Morgan fingerprint density at radius 3 is 2.77 bits per heavy atom. The van der Waals surface area contributed by atoms with Crippen molar-refractivity contribution < 1.29 is 18.3 Å². The Kier molecular flexibility index (Phi) is 3.89. The number of aromatic nitrogens is 2. The van der Waals surface area contributed by atoms with Gasteiger partial charge in [-0.2, -0.15) is 8.78 Å². The number of hydrogen-bond acceptors (Lipinski definition) is 4. The number of benzene rings is 1. The maximum Gasteiger partial charge on any atom is 0.348 e. The molecule has 114 valence electrons. The summed E-state index contributed by atoms with van der Waals surface area (Å²) < 4.78 is 32.3. The van der Waals surface area contributed by atoms with Crippen molar-refractivity contribution in [2.75, 3.05) is 0 Å². The molecule has 0 spiro atoms. The second-order valence-corrected chi connectivity index (χ2v) is 5.94. The van der Waals surface area contributed by atoms with Crippen LogP contribution in [-0.2, 0) is 11.3 Å². The largest absolute Gasteiger partial charge is 0.453 e. The highest BCUT2D eigenvalue weighted by molar-refractivity contribution is 7.13. The van der Waals surface area contributed by atoms with Gasteiger partial charge in [0.25, 0.3) is 0 Å². The Bertz CT molecular complexity index is 826. The minimum absolute atomic E-state index is 0.0258. The first-order valence-corrected chi connectivity index (χ1v) is 7.35. The fourth-order valence-corrected chi connectivity index (χ4v) is 2.92. The molecule has 3 rings (SSSR count). The molecule has 22 heavy (non-hydrogen) atoms. The normalized spacial score (nSPS) is 11.3. The first kappa shape index (κ1) is 14.6. The van der Waals surface area contributed by atoms with Crippen LogP contribution in [0, 0.1) is 6.92 Å². The second kappa shape index (κ2) is 5.84. The third-order valence-electron chi connectivity index (χ3n) is 3.14. The number of aryl methyl sites for hydroxylation is 1. The van der Waals surface area contributed by atoms with Crippen LogP contribution in [0.25, 0.3) is 11.0 Å². The van der Waals surface area contributed by atoms with Gasteiger partial charge in [0.1, 0.15) is 11.5 Å². The lowest BCUT2D eigenvalue weighted by Gasteiger charge is -2.08. The lowest BCUT2D eigenvalue weighted by molar-refractivity contribution is 0.0392. The van der Waals surface area contributed by atoms with Gasteiger partial charge in [0, 0.05) is 4.88 Å². The summed E-state index contributed by atoms with van der Waals surface area (Å²) >= 11 is 1.30. The summed E-state index contributed by atoms with van der Waals surface area (Å²) in [6.07, 6.45) is 0. The number of ether oxygens (including phenoxy) is 1. The molecule has 0 atom stereocenters.